The first kappa shape index (κ1) is 13.4. The first-order valence-corrected chi connectivity index (χ1v) is 6.66. The van der Waals surface area contributed by atoms with Crippen LogP contribution in [-0.4, -0.2) is 11.1 Å². The predicted molar refractivity (Wildman–Crippen MR) is 70.1 cm³/mol. The summed E-state index contributed by atoms with van der Waals surface area (Å²) in [6.45, 7) is 5.61. The minimum absolute atomic E-state index is 0. The summed E-state index contributed by atoms with van der Waals surface area (Å²) in [5, 5.41) is 3.56. The van der Waals surface area contributed by atoms with E-state index in [1.165, 1.54) is 36.2 Å². The number of halogens is 1. The van der Waals surface area contributed by atoms with Gasteiger partial charge in [0.15, 0.2) is 0 Å². The van der Waals surface area contributed by atoms with Crippen molar-refractivity contribution < 1.29 is 21.5 Å². The highest BCUT2D eigenvalue weighted by molar-refractivity contribution is 5.74. The van der Waals surface area contributed by atoms with Crippen molar-refractivity contribution in [2.24, 2.45) is 0 Å². The third-order valence-electron chi connectivity index (χ3n) is 3.55. The molecule has 2 heterocycles. The van der Waals surface area contributed by atoms with E-state index in [0.717, 1.165) is 19.6 Å². The number of hydrogen-bond acceptors (Lipinski definition) is 1. The number of nitrogens with zero attached hydrogens (tertiary/aromatic N) is 2. The lowest BCUT2D eigenvalue weighted by molar-refractivity contribution is -0.661. The van der Waals surface area contributed by atoms with Crippen molar-refractivity contribution in [3.05, 3.63) is 24.3 Å². The fourth-order valence-electron chi connectivity index (χ4n) is 2.69. The van der Waals surface area contributed by atoms with Gasteiger partial charge in [-0.3, -0.25) is 5.32 Å². The number of anilines is 1. The van der Waals surface area contributed by atoms with Crippen molar-refractivity contribution >= 4 is 17.0 Å². The molecule has 1 N–H and O–H groups in total. The van der Waals surface area contributed by atoms with Crippen LogP contribution < -0.4 is 26.9 Å². The van der Waals surface area contributed by atoms with Crippen LogP contribution in [0.1, 0.15) is 26.2 Å². The quantitative estimate of drug-likeness (QED) is 0.762. The van der Waals surface area contributed by atoms with Crippen molar-refractivity contribution in [2.45, 2.75) is 39.3 Å². The largest absolute Gasteiger partial charge is 1.00 e. The lowest BCUT2D eigenvalue weighted by Crippen LogP contribution is -3.00. The molecule has 0 aliphatic carbocycles. The Balaban J connectivity index is 0.00000120. The number of unbranched alkanes of at least 4 members (excludes halogenated alkanes) is 1. The number of rotatable bonds is 3. The number of imidazole rings is 1. The van der Waals surface area contributed by atoms with Crippen LogP contribution in [0.5, 0.6) is 0 Å². The number of benzene rings is 1. The predicted octanol–water partition coefficient (Wildman–Crippen LogP) is -0.451. The maximum Gasteiger partial charge on any atom is 0.358 e. The Morgan fingerprint density at radius 3 is 3.00 bits per heavy atom. The zero-order chi connectivity index (χ0) is 11.7. The summed E-state index contributed by atoms with van der Waals surface area (Å²) in [6, 6.07) is 8.73. The Labute approximate surface area is 119 Å². The fourth-order valence-corrected chi connectivity index (χ4v) is 2.69. The topological polar surface area (TPSA) is 20.8 Å². The molecular formula is C14H20BrN3. The standard InChI is InChI=1S/C14H19N3.BrH/c1-2-3-10-16-12-7-4-5-8-13(12)17-11-6-9-15-14(16)17;/h4-5,7-8H,2-3,6,9-11H2,1H3;1H. The van der Waals surface area contributed by atoms with E-state index in [2.05, 4.69) is 45.6 Å². The van der Waals surface area contributed by atoms with E-state index in [0.29, 0.717) is 0 Å². The summed E-state index contributed by atoms with van der Waals surface area (Å²) in [5.74, 6) is 1.30. The maximum atomic E-state index is 3.56. The Kier molecular flexibility index (Phi) is 4.27. The second kappa shape index (κ2) is 5.74. The Morgan fingerprint density at radius 2 is 2.17 bits per heavy atom. The van der Waals surface area contributed by atoms with Crippen LogP contribution in [0, 0.1) is 0 Å². The minimum Gasteiger partial charge on any atom is -1.00 e. The molecule has 0 radical (unpaired) electrons. The van der Waals surface area contributed by atoms with E-state index in [4.69, 9.17) is 0 Å². The van der Waals surface area contributed by atoms with Crippen LogP contribution >= 0.6 is 0 Å². The summed E-state index contributed by atoms with van der Waals surface area (Å²) in [5.41, 5.74) is 2.73. The van der Waals surface area contributed by atoms with E-state index >= 15 is 0 Å². The average Bonchev–Trinajstić information content (AvgIpc) is 2.71. The van der Waals surface area contributed by atoms with Gasteiger partial charge >= 0.3 is 5.95 Å². The molecule has 0 amide bonds. The molecule has 2 aromatic rings. The van der Waals surface area contributed by atoms with E-state index in [-0.39, 0.29) is 17.0 Å². The molecule has 1 aromatic carbocycles. The third kappa shape index (κ3) is 2.14. The van der Waals surface area contributed by atoms with E-state index in [1.807, 2.05) is 0 Å². The lowest BCUT2D eigenvalue weighted by Gasteiger charge is -2.11. The lowest BCUT2D eigenvalue weighted by atomic mass is 10.3. The molecule has 0 unspecified atom stereocenters. The number of fused-ring (bicyclic) bond motifs is 3. The molecule has 0 saturated carbocycles. The Hall–Kier alpha value is -1.03. The van der Waals surface area contributed by atoms with Gasteiger partial charge in [-0.1, -0.05) is 25.5 Å². The van der Waals surface area contributed by atoms with E-state index in [1.54, 1.807) is 0 Å². The highest BCUT2D eigenvalue weighted by atomic mass is 79.9. The Bertz CT molecular complexity index is 533. The number of nitrogens with one attached hydrogen (secondary N) is 1. The SMILES string of the molecule is CCCCn1c2[n+](c3ccccc31)CCCN2.[Br-]. The van der Waals surface area contributed by atoms with Crippen molar-refractivity contribution in [1.82, 2.24) is 4.57 Å². The molecule has 1 aliphatic rings. The van der Waals surface area contributed by atoms with Crippen LogP contribution in [0.15, 0.2) is 24.3 Å². The number of aromatic nitrogens is 2. The van der Waals surface area contributed by atoms with Gasteiger partial charge in [0.1, 0.15) is 11.0 Å². The van der Waals surface area contributed by atoms with Crippen LogP contribution in [0.25, 0.3) is 11.0 Å². The number of para-hydroxylation sites is 2. The minimum atomic E-state index is 0. The monoisotopic (exact) mass is 309 g/mol. The molecule has 98 valence electrons. The van der Waals surface area contributed by atoms with Gasteiger partial charge in [0.25, 0.3) is 0 Å². The van der Waals surface area contributed by atoms with Crippen LogP contribution in [-0.2, 0) is 13.1 Å². The van der Waals surface area contributed by atoms with Crippen LogP contribution in [0.2, 0.25) is 0 Å². The molecule has 3 rings (SSSR count). The van der Waals surface area contributed by atoms with E-state index in [9.17, 15) is 0 Å². The second-order valence-electron chi connectivity index (χ2n) is 4.75. The third-order valence-corrected chi connectivity index (χ3v) is 3.55. The highest BCUT2D eigenvalue weighted by Crippen LogP contribution is 2.20. The molecule has 18 heavy (non-hydrogen) atoms. The number of hydrogen-bond donors (Lipinski definition) is 1. The van der Waals surface area contributed by atoms with Gasteiger partial charge in [0, 0.05) is 6.42 Å². The summed E-state index contributed by atoms with van der Waals surface area (Å²) in [6.07, 6.45) is 3.71. The molecule has 0 saturated heterocycles. The summed E-state index contributed by atoms with van der Waals surface area (Å²) in [7, 11) is 0. The van der Waals surface area contributed by atoms with Gasteiger partial charge in [-0.15, -0.1) is 0 Å². The smallest absolute Gasteiger partial charge is 0.358 e. The fraction of sp³-hybridized carbons (Fsp3) is 0.500. The van der Waals surface area contributed by atoms with Gasteiger partial charge in [-0.2, -0.15) is 0 Å². The molecule has 4 heteroatoms. The molecule has 0 bridgehead atoms. The van der Waals surface area contributed by atoms with Crippen molar-refractivity contribution in [1.29, 1.82) is 0 Å². The number of aryl methyl sites for hydroxylation is 2. The van der Waals surface area contributed by atoms with Gasteiger partial charge in [0.2, 0.25) is 0 Å². The molecular weight excluding hydrogens is 290 g/mol. The van der Waals surface area contributed by atoms with Gasteiger partial charge in [-0.05, 0) is 18.6 Å². The second-order valence-corrected chi connectivity index (χ2v) is 4.75. The molecule has 1 aromatic heterocycles. The summed E-state index contributed by atoms with van der Waals surface area (Å²) in [4.78, 5) is 0. The zero-order valence-electron chi connectivity index (χ0n) is 10.8. The maximum absolute atomic E-state index is 3.56. The molecule has 0 fully saturated rings. The van der Waals surface area contributed by atoms with Gasteiger partial charge in [-0.25, -0.2) is 9.13 Å². The summed E-state index contributed by atoms with van der Waals surface area (Å²) < 4.78 is 4.87. The molecule has 0 spiro atoms. The van der Waals surface area contributed by atoms with E-state index < -0.39 is 0 Å². The van der Waals surface area contributed by atoms with Crippen molar-refractivity contribution in [2.75, 3.05) is 11.9 Å². The summed E-state index contributed by atoms with van der Waals surface area (Å²) >= 11 is 0. The molecule has 0 atom stereocenters. The van der Waals surface area contributed by atoms with Crippen molar-refractivity contribution in [3.63, 3.8) is 0 Å². The van der Waals surface area contributed by atoms with Crippen molar-refractivity contribution in [3.8, 4) is 0 Å². The Morgan fingerprint density at radius 1 is 1.33 bits per heavy atom. The average molecular weight is 310 g/mol. The first-order chi connectivity index (χ1) is 8.42. The first-order valence-electron chi connectivity index (χ1n) is 6.66. The van der Waals surface area contributed by atoms with Crippen LogP contribution in [0.4, 0.5) is 5.95 Å². The van der Waals surface area contributed by atoms with Gasteiger partial charge in [0.05, 0.1) is 19.6 Å². The highest BCUT2D eigenvalue weighted by Gasteiger charge is 2.25. The zero-order valence-corrected chi connectivity index (χ0v) is 12.4. The van der Waals surface area contributed by atoms with Gasteiger partial charge < -0.3 is 17.0 Å². The molecule has 1 aliphatic heterocycles. The normalized spacial score (nSPS) is 13.8. The van der Waals surface area contributed by atoms with Crippen LogP contribution in [0.3, 0.4) is 0 Å². The molecule has 3 nitrogen and oxygen atoms in total.